The zero-order valence-corrected chi connectivity index (χ0v) is 17.7. The number of carbonyl (C=O) groups is 2. The smallest absolute Gasteiger partial charge is 0.270 e. The molecule has 0 spiro atoms. The van der Waals surface area contributed by atoms with Crippen molar-refractivity contribution in [2.75, 3.05) is 29.1 Å². The number of nitrogens with one attached hydrogen (secondary N) is 2. The lowest BCUT2D eigenvalue weighted by atomic mass is 9.99. The summed E-state index contributed by atoms with van der Waals surface area (Å²) in [6.45, 7) is -0.0958. The Labute approximate surface area is 189 Å². The summed E-state index contributed by atoms with van der Waals surface area (Å²) in [4.78, 5) is 37.1. The molecule has 0 bridgehead atoms. The van der Waals surface area contributed by atoms with E-state index in [0.717, 1.165) is 5.56 Å². The van der Waals surface area contributed by atoms with Crippen molar-refractivity contribution in [3.63, 3.8) is 0 Å². The van der Waals surface area contributed by atoms with Gasteiger partial charge in [0.05, 0.1) is 22.7 Å². The molecule has 0 aromatic heterocycles. The van der Waals surface area contributed by atoms with Crippen LogP contribution in [0.3, 0.4) is 0 Å². The Kier molecular flexibility index (Phi) is 5.88. The number of non-ortho nitro benzene ring substituents is 1. The summed E-state index contributed by atoms with van der Waals surface area (Å²) in [6, 6.07) is 20.6. The Morgan fingerprint density at radius 3 is 2.42 bits per heavy atom. The highest BCUT2D eigenvalue weighted by Crippen LogP contribution is 2.39. The number of anilines is 3. The molecule has 1 aliphatic heterocycles. The summed E-state index contributed by atoms with van der Waals surface area (Å²) in [5.74, 6) is -0.578. The van der Waals surface area contributed by atoms with Crippen molar-refractivity contribution >= 4 is 45.8 Å². The van der Waals surface area contributed by atoms with Crippen molar-refractivity contribution in [3.8, 4) is 0 Å². The van der Waals surface area contributed by atoms with Gasteiger partial charge in [0.1, 0.15) is 0 Å². The lowest BCUT2D eigenvalue weighted by Crippen LogP contribution is -2.32. The Bertz CT molecular complexity index is 1270. The van der Waals surface area contributed by atoms with Gasteiger partial charge in [-0.2, -0.15) is 0 Å². The molecule has 4 N–H and O–H groups in total. The predicted octanol–water partition coefficient (Wildman–Crippen LogP) is 3.45. The molecule has 3 aromatic rings. The van der Waals surface area contributed by atoms with E-state index < -0.39 is 4.92 Å². The standard InChI is InChI=1S/C24H21N5O4/c1-28(21(30)14-25)17-9-7-16(8-10-17)26-23(15-5-3-2-4-6-15)22-19-13-18(29(32)33)11-12-20(19)27-24(22)31/h2-13,26H,14,25H2,1H3,(H,27,31)/b23-22-. The van der Waals surface area contributed by atoms with Gasteiger partial charge in [-0.25, -0.2) is 0 Å². The summed E-state index contributed by atoms with van der Waals surface area (Å²) >= 11 is 0. The fraction of sp³-hybridized carbons (Fsp3) is 0.0833. The van der Waals surface area contributed by atoms with Crippen LogP contribution in [0.15, 0.2) is 72.8 Å². The van der Waals surface area contributed by atoms with Gasteiger partial charge >= 0.3 is 0 Å². The number of hydrogen-bond donors (Lipinski definition) is 3. The molecule has 1 heterocycles. The van der Waals surface area contributed by atoms with E-state index in [1.165, 1.54) is 23.1 Å². The summed E-state index contributed by atoms with van der Waals surface area (Å²) in [6.07, 6.45) is 0. The molecular weight excluding hydrogens is 422 g/mol. The molecule has 0 radical (unpaired) electrons. The topological polar surface area (TPSA) is 131 Å². The Morgan fingerprint density at radius 1 is 1.09 bits per heavy atom. The highest BCUT2D eigenvalue weighted by atomic mass is 16.6. The Balaban J connectivity index is 1.79. The minimum Gasteiger partial charge on any atom is -0.354 e. The van der Waals surface area contributed by atoms with Gasteiger partial charge in [0.2, 0.25) is 5.91 Å². The molecule has 9 heteroatoms. The van der Waals surface area contributed by atoms with Gasteiger partial charge in [-0.05, 0) is 35.9 Å². The van der Waals surface area contributed by atoms with Crippen LogP contribution in [0.5, 0.6) is 0 Å². The third-order valence-electron chi connectivity index (χ3n) is 5.34. The second kappa shape index (κ2) is 8.93. The van der Waals surface area contributed by atoms with E-state index in [-0.39, 0.29) is 24.0 Å². The van der Waals surface area contributed by atoms with Gasteiger partial charge in [-0.3, -0.25) is 19.7 Å². The molecule has 0 saturated heterocycles. The van der Waals surface area contributed by atoms with Crippen LogP contribution in [0, 0.1) is 10.1 Å². The average molecular weight is 443 g/mol. The van der Waals surface area contributed by atoms with Crippen LogP contribution in [0.1, 0.15) is 11.1 Å². The van der Waals surface area contributed by atoms with E-state index in [1.807, 2.05) is 30.3 Å². The van der Waals surface area contributed by atoms with Crippen LogP contribution in [0.25, 0.3) is 11.3 Å². The third kappa shape index (κ3) is 4.30. The highest BCUT2D eigenvalue weighted by Gasteiger charge is 2.30. The molecule has 0 unspecified atom stereocenters. The summed E-state index contributed by atoms with van der Waals surface area (Å²) in [5, 5.41) is 17.4. The monoisotopic (exact) mass is 443 g/mol. The maximum atomic E-state index is 12.9. The first-order chi connectivity index (χ1) is 15.9. The van der Waals surface area contributed by atoms with E-state index in [2.05, 4.69) is 10.6 Å². The quantitative estimate of drug-likeness (QED) is 0.304. The molecule has 1 aliphatic rings. The van der Waals surface area contributed by atoms with Crippen molar-refractivity contribution in [2.45, 2.75) is 0 Å². The minimum absolute atomic E-state index is 0.0958. The summed E-state index contributed by atoms with van der Waals surface area (Å²) in [7, 11) is 1.64. The van der Waals surface area contributed by atoms with Crippen molar-refractivity contribution in [3.05, 3.63) is 94.0 Å². The van der Waals surface area contributed by atoms with Gasteiger partial charge in [0, 0.05) is 41.8 Å². The fourth-order valence-electron chi connectivity index (χ4n) is 3.59. The lowest BCUT2D eigenvalue weighted by molar-refractivity contribution is -0.384. The number of hydrogen-bond acceptors (Lipinski definition) is 6. The maximum Gasteiger partial charge on any atom is 0.270 e. The second-order valence-electron chi connectivity index (χ2n) is 7.39. The number of benzene rings is 3. The average Bonchev–Trinajstić information content (AvgIpc) is 3.17. The predicted molar refractivity (Wildman–Crippen MR) is 128 cm³/mol. The number of nitro benzene ring substituents is 1. The summed E-state index contributed by atoms with van der Waals surface area (Å²) < 4.78 is 0. The van der Waals surface area contributed by atoms with Crippen LogP contribution >= 0.6 is 0 Å². The molecule has 2 amide bonds. The normalized spacial score (nSPS) is 13.7. The SMILES string of the molecule is CN(C(=O)CN)c1ccc(N/C(=C2\C(=O)Nc3ccc([N+](=O)[O-])cc32)c2ccccc2)cc1. The number of nitrogens with zero attached hydrogens (tertiary/aromatic N) is 2. The number of amides is 2. The van der Waals surface area contributed by atoms with E-state index in [4.69, 9.17) is 5.73 Å². The fourth-order valence-corrected chi connectivity index (χ4v) is 3.59. The molecule has 0 atom stereocenters. The zero-order valence-electron chi connectivity index (χ0n) is 17.7. The first-order valence-corrected chi connectivity index (χ1v) is 10.1. The molecule has 0 fully saturated rings. The van der Waals surface area contributed by atoms with Gasteiger partial charge in [0.15, 0.2) is 0 Å². The molecule has 0 saturated carbocycles. The highest BCUT2D eigenvalue weighted by molar-refractivity contribution is 6.37. The largest absolute Gasteiger partial charge is 0.354 e. The summed E-state index contributed by atoms with van der Waals surface area (Å²) in [5.41, 5.74) is 9.18. The number of nitrogens with two attached hydrogens (primary N) is 1. The lowest BCUT2D eigenvalue weighted by Gasteiger charge is -2.18. The van der Waals surface area contributed by atoms with Crippen molar-refractivity contribution in [1.82, 2.24) is 0 Å². The maximum absolute atomic E-state index is 12.9. The van der Waals surface area contributed by atoms with Gasteiger partial charge in [-0.15, -0.1) is 0 Å². The van der Waals surface area contributed by atoms with Crippen LogP contribution in [-0.2, 0) is 9.59 Å². The molecule has 4 rings (SSSR count). The van der Waals surface area contributed by atoms with Gasteiger partial charge in [-0.1, -0.05) is 30.3 Å². The molecule has 3 aromatic carbocycles. The van der Waals surface area contributed by atoms with Crippen molar-refractivity contribution in [2.24, 2.45) is 5.73 Å². The minimum atomic E-state index is -0.492. The number of rotatable bonds is 6. The first kappa shape index (κ1) is 21.7. The molecule has 9 nitrogen and oxygen atoms in total. The molecule has 0 aliphatic carbocycles. The molecular formula is C24H21N5O4. The molecule has 166 valence electrons. The van der Waals surface area contributed by atoms with Crippen LogP contribution < -0.4 is 21.3 Å². The number of likely N-dealkylation sites (N-methyl/N-ethyl adjacent to an activating group) is 1. The van der Waals surface area contributed by atoms with Crippen molar-refractivity contribution in [1.29, 1.82) is 0 Å². The third-order valence-corrected chi connectivity index (χ3v) is 5.34. The number of fused-ring (bicyclic) bond motifs is 1. The van der Waals surface area contributed by atoms with Crippen LogP contribution in [-0.4, -0.2) is 30.3 Å². The van der Waals surface area contributed by atoms with Crippen molar-refractivity contribution < 1.29 is 14.5 Å². The van der Waals surface area contributed by atoms with E-state index in [1.54, 1.807) is 31.3 Å². The number of nitro groups is 1. The second-order valence-corrected chi connectivity index (χ2v) is 7.39. The van der Waals surface area contributed by atoms with Crippen LogP contribution in [0.4, 0.5) is 22.7 Å². The van der Waals surface area contributed by atoms with Crippen LogP contribution in [0.2, 0.25) is 0 Å². The van der Waals surface area contributed by atoms with E-state index >= 15 is 0 Å². The first-order valence-electron chi connectivity index (χ1n) is 10.1. The molecule has 33 heavy (non-hydrogen) atoms. The number of carbonyl (C=O) groups excluding carboxylic acids is 2. The Morgan fingerprint density at radius 2 is 1.79 bits per heavy atom. The Hall–Kier alpha value is -4.50. The van der Waals surface area contributed by atoms with Gasteiger partial charge < -0.3 is 21.3 Å². The van der Waals surface area contributed by atoms with E-state index in [0.29, 0.717) is 33.9 Å². The zero-order chi connectivity index (χ0) is 23.5. The van der Waals surface area contributed by atoms with Gasteiger partial charge in [0.25, 0.3) is 11.6 Å². The van der Waals surface area contributed by atoms with E-state index in [9.17, 15) is 19.7 Å².